The molecule has 0 saturated heterocycles. The third kappa shape index (κ3) is 5.72. The third-order valence-electron chi connectivity index (χ3n) is 4.03. The van der Waals surface area contributed by atoms with Crippen molar-refractivity contribution in [1.29, 1.82) is 0 Å². The summed E-state index contributed by atoms with van der Waals surface area (Å²) in [5, 5.41) is 12.2. The van der Waals surface area contributed by atoms with Gasteiger partial charge >= 0.3 is 0 Å². The molecule has 9 heteroatoms. The molecule has 1 atom stereocenters. The van der Waals surface area contributed by atoms with Gasteiger partial charge in [0.15, 0.2) is 5.13 Å². The average Bonchev–Trinajstić information content (AvgIpc) is 3.38. The molecular formula is C20H20N4O3S2. The zero-order valence-electron chi connectivity index (χ0n) is 15.9. The number of anilines is 1. The second kappa shape index (κ2) is 9.44. The summed E-state index contributed by atoms with van der Waals surface area (Å²) >= 11 is 2.63. The van der Waals surface area contributed by atoms with E-state index >= 15 is 0 Å². The Morgan fingerprint density at radius 1 is 1.10 bits per heavy atom. The molecular weight excluding hydrogens is 408 g/mol. The van der Waals surface area contributed by atoms with Crippen LogP contribution in [-0.2, 0) is 9.59 Å². The van der Waals surface area contributed by atoms with Gasteiger partial charge in [0.05, 0.1) is 23.2 Å². The quantitative estimate of drug-likeness (QED) is 0.537. The van der Waals surface area contributed by atoms with Crippen molar-refractivity contribution in [3.8, 4) is 11.3 Å². The summed E-state index contributed by atoms with van der Waals surface area (Å²) in [6.07, 6.45) is 0. The molecule has 29 heavy (non-hydrogen) atoms. The van der Waals surface area contributed by atoms with Gasteiger partial charge in [0.25, 0.3) is 5.91 Å². The van der Waals surface area contributed by atoms with Crippen LogP contribution in [0.2, 0.25) is 0 Å². The van der Waals surface area contributed by atoms with Gasteiger partial charge in [-0.1, -0.05) is 30.3 Å². The van der Waals surface area contributed by atoms with Crippen LogP contribution < -0.4 is 16.0 Å². The Morgan fingerprint density at radius 3 is 2.52 bits per heavy atom. The van der Waals surface area contributed by atoms with Crippen LogP contribution in [0.5, 0.6) is 0 Å². The van der Waals surface area contributed by atoms with Gasteiger partial charge in [-0.05, 0) is 23.9 Å². The molecule has 150 valence electrons. The number of aromatic nitrogens is 1. The maximum Gasteiger partial charge on any atom is 0.261 e. The van der Waals surface area contributed by atoms with Crippen molar-refractivity contribution in [3.05, 3.63) is 57.6 Å². The van der Waals surface area contributed by atoms with E-state index < -0.39 is 0 Å². The zero-order valence-corrected chi connectivity index (χ0v) is 17.5. The number of nitrogens with zero attached hydrogens (tertiary/aromatic N) is 1. The summed E-state index contributed by atoms with van der Waals surface area (Å²) < 4.78 is 0. The number of thiophene rings is 1. The number of hydrogen-bond acceptors (Lipinski definition) is 6. The number of hydrogen-bond donors (Lipinski definition) is 3. The highest BCUT2D eigenvalue weighted by atomic mass is 32.1. The number of carbonyl (C=O) groups excluding carboxylic acids is 3. The lowest BCUT2D eigenvalue weighted by Crippen LogP contribution is -2.32. The van der Waals surface area contributed by atoms with Gasteiger partial charge < -0.3 is 16.0 Å². The van der Waals surface area contributed by atoms with E-state index in [0.29, 0.717) is 10.0 Å². The molecule has 0 radical (unpaired) electrons. The summed E-state index contributed by atoms with van der Waals surface area (Å²) in [5.41, 5.74) is 2.65. The Hall–Kier alpha value is -3.04. The first-order valence-electron chi connectivity index (χ1n) is 8.87. The highest BCUT2D eigenvalue weighted by Crippen LogP contribution is 2.26. The fraction of sp³-hybridized carbons (Fsp3) is 0.200. The lowest BCUT2D eigenvalue weighted by molar-refractivity contribution is -0.119. The monoisotopic (exact) mass is 428 g/mol. The molecule has 2 heterocycles. The van der Waals surface area contributed by atoms with Crippen molar-refractivity contribution >= 4 is 45.5 Å². The molecule has 1 unspecified atom stereocenters. The van der Waals surface area contributed by atoms with E-state index in [1.807, 2.05) is 36.6 Å². The molecule has 0 spiro atoms. The van der Waals surface area contributed by atoms with Gasteiger partial charge in [-0.3, -0.25) is 14.4 Å². The maximum atomic E-state index is 12.0. The fourth-order valence-corrected chi connectivity index (χ4v) is 3.99. The lowest BCUT2D eigenvalue weighted by Gasteiger charge is -2.13. The van der Waals surface area contributed by atoms with Crippen molar-refractivity contribution in [2.75, 3.05) is 11.9 Å². The molecule has 7 nitrogen and oxygen atoms in total. The van der Waals surface area contributed by atoms with E-state index in [-0.39, 0.29) is 30.3 Å². The SMILES string of the molecule is CC(=O)NC(C)c1ccc(-c2csc(NC(=O)CNC(=O)c3cccs3)n2)cc1. The predicted molar refractivity (Wildman–Crippen MR) is 115 cm³/mol. The van der Waals surface area contributed by atoms with Crippen LogP contribution in [0.15, 0.2) is 47.2 Å². The minimum Gasteiger partial charge on any atom is -0.350 e. The van der Waals surface area contributed by atoms with E-state index in [9.17, 15) is 14.4 Å². The number of thiazole rings is 1. The van der Waals surface area contributed by atoms with E-state index in [4.69, 9.17) is 0 Å². The van der Waals surface area contributed by atoms with Crippen molar-refractivity contribution < 1.29 is 14.4 Å². The van der Waals surface area contributed by atoms with Crippen molar-refractivity contribution in [3.63, 3.8) is 0 Å². The van der Waals surface area contributed by atoms with Crippen LogP contribution in [0.3, 0.4) is 0 Å². The van der Waals surface area contributed by atoms with E-state index in [0.717, 1.165) is 16.8 Å². The maximum absolute atomic E-state index is 12.0. The molecule has 0 aliphatic carbocycles. The minimum atomic E-state index is -0.338. The Morgan fingerprint density at radius 2 is 1.86 bits per heavy atom. The Bertz CT molecular complexity index is 997. The number of nitrogens with one attached hydrogen (secondary N) is 3. The van der Waals surface area contributed by atoms with E-state index in [1.165, 1.54) is 29.6 Å². The Labute approximate surface area is 176 Å². The standard InChI is InChI=1S/C20H20N4O3S2/c1-12(22-13(2)25)14-5-7-15(8-6-14)16-11-29-20(23-16)24-18(26)10-21-19(27)17-4-3-9-28-17/h3-9,11-12H,10H2,1-2H3,(H,21,27)(H,22,25)(H,23,24,26). The van der Waals surface area contributed by atoms with Crippen molar-refractivity contribution in [2.45, 2.75) is 19.9 Å². The molecule has 3 rings (SSSR count). The molecule has 1 aromatic carbocycles. The lowest BCUT2D eigenvalue weighted by atomic mass is 10.1. The summed E-state index contributed by atoms with van der Waals surface area (Å²) in [6, 6.07) is 11.1. The smallest absolute Gasteiger partial charge is 0.261 e. The first-order valence-corrected chi connectivity index (χ1v) is 10.6. The highest BCUT2D eigenvalue weighted by Gasteiger charge is 2.12. The second-order valence-corrected chi connectivity index (χ2v) is 8.10. The molecule has 3 amide bonds. The molecule has 3 N–H and O–H groups in total. The molecule has 3 aromatic rings. The number of carbonyl (C=O) groups is 3. The van der Waals surface area contributed by atoms with Gasteiger partial charge in [0.1, 0.15) is 0 Å². The first-order chi connectivity index (χ1) is 13.9. The van der Waals surface area contributed by atoms with Crippen LogP contribution in [0.1, 0.15) is 35.1 Å². The van der Waals surface area contributed by atoms with Gasteiger partial charge in [0, 0.05) is 17.9 Å². The molecule has 0 bridgehead atoms. The number of benzene rings is 1. The molecule has 0 saturated carbocycles. The Balaban J connectivity index is 1.55. The summed E-state index contributed by atoms with van der Waals surface area (Å²) in [5.74, 6) is -0.688. The minimum absolute atomic E-state index is 0.0729. The fourth-order valence-electron chi connectivity index (χ4n) is 2.61. The largest absolute Gasteiger partial charge is 0.350 e. The van der Waals surface area contributed by atoms with Gasteiger partial charge in [-0.2, -0.15) is 0 Å². The summed E-state index contributed by atoms with van der Waals surface area (Å²) in [6.45, 7) is 3.29. The van der Waals surface area contributed by atoms with Gasteiger partial charge in [-0.25, -0.2) is 4.98 Å². The topological polar surface area (TPSA) is 100 Å². The van der Waals surface area contributed by atoms with Gasteiger partial charge in [0.2, 0.25) is 11.8 Å². The zero-order chi connectivity index (χ0) is 20.8. The molecule has 0 fully saturated rings. The summed E-state index contributed by atoms with van der Waals surface area (Å²) in [7, 11) is 0. The third-order valence-corrected chi connectivity index (χ3v) is 5.66. The highest BCUT2D eigenvalue weighted by molar-refractivity contribution is 7.14. The first kappa shape index (κ1) is 20.7. The van der Waals surface area contributed by atoms with Crippen molar-refractivity contribution in [2.24, 2.45) is 0 Å². The van der Waals surface area contributed by atoms with Crippen LogP contribution >= 0.6 is 22.7 Å². The van der Waals surface area contributed by atoms with Crippen molar-refractivity contribution in [1.82, 2.24) is 15.6 Å². The Kier molecular flexibility index (Phi) is 6.73. The van der Waals surface area contributed by atoms with Gasteiger partial charge in [-0.15, -0.1) is 22.7 Å². The van der Waals surface area contributed by atoms with Crippen LogP contribution in [0, 0.1) is 0 Å². The normalized spacial score (nSPS) is 11.5. The molecule has 0 aliphatic heterocycles. The molecule has 0 aliphatic rings. The van der Waals surface area contributed by atoms with E-state index in [1.54, 1.807) is 17.5 Å². The van der Waals surface area contributed by atoms with E-state index in [2.05, 4.69) is 20.9 Å². The van der Waals surface area contributed by atoms with Crippen LogP contribution in [-0.4, -0.2) is 29.3 Å². The summed E-state index contributed by atoms with van der Waals surface area (Å²) in [4.78, 5) is 40.1. The number of amides is 3. The molecule has 2 aromatic heterocycles. The average molecular weight is 429 g/mol. The van der Waals surface area contributed by atoms with Crippen LogP contribution in [0.4, 0.5) is 5.13 Å². The van der Waals surface area contributed by atoms with Crippen LogP contribution in [0.25, 0.3) is 11.3 Å². The predicted octanol–water partition coefficient (Wildman–Crippen LogP) is 3.44. The number of rotatable bonds is 7. The second-order valence-electron chi connectivity index (χ2n) is 6.29.